The fourth-order valence-corrected chi connectivity index (χ4v) is 2.35. The SMILES string of the molecule is Cn1cc(C2(C(=O)O)CCOCC2)c(C(F)F)n1. The van der Waals surface area contributed by atoms with Crippen LogP contribution in [0.2, 0.25) is 0 Å². The Morgan fingerprint density at radius 3 is 2.67 bits per heavy atom. The Bertz CT molecular complexity index is 453. The summed E-state index contributed by atoms with van der Waals surface area (Å²) in [7, 11) is 1.50. The molecule has 2 rings (SSSR count). The van der Waals surface area contributed by atoms with Gasteiger partial charge in [-0.25, -0.2) is 8.78 Å². The molecule has 0 spiro atoms. The number of ether oxygens (including phenoxy) is 1. The summed E-state index contributed by atoms with van der Waals surface area (Å²) in [5.74, 6) is -1.10. The van der Waals surface area contributed by atoms with Crippen molar-refractivity contribution in [2.75, 3.05) is 13.2 Å². The lowest BCUT2D eigenvalue weighted by molar-refractivity contribution is -0.147. The van der Waals surface area contributed by atoms with Gasteiger partial charge in [0.2, 0.25) is 0 Å². The molecule has 1 aromatic heterocycles. The average Bonchev–Trinajstić information content (AvgIpc) is 2.72. The second kappa shape index (κ2) is 4.64. The normalized spacial score (nSPS) is 19.1. The van der Waals surface area contributed by atoms with Crippen LogP contribution in [0.5, 0.6) is 0 Å². The number of nitrogens with zero attached hydrogens (tertiary/aromatic N) is 2. The van der Waals surface area contributed by atoms with Crippen LogP contribution in [0.4, 0.5) is 8.78 Å². The number of aromatic nitrogens is 2. The highest BCUT2D eigenvalue weighted by Gasteiger charge is 2.45. The van der Waals surface area contributed by atoms with Gasteiger partial charge in [-0.15, -0.1) is 0 Å². The van der Waals surface area contributed by atoms with E-state index < -0.39 is 23.5 Å². The molecule has 0 amide bonds. The van der Waals surface area contributed by atoms with E-state index in [9.17, 15) is 18.7 Å². The predicted octanol–water partition coefficient (Wildman–Crippen LogP) is 1.49. The standard InChI is InChI=1S/C11H14F2N2O3/c1-15-6-7(8(14-15)9(12)13)11(10(16)17)2-4-18-5-3-11/h6,9H,2-5H2,1H3,(H,16,17). The van der Waals surface area contributed by atoms with Crippen LogP contribution in [0.15, 0.2) is 6.20 Å². The van der Waals surface area contributed by atoms with E-state index in [4.69, 9.17) is 4.74 Å². The molecular weight excluding hydrogens is 246 g/mol. The number of aliphatic carboxylic acids is 1. The first kappa shape index (κ1) is 12.9. The van der Waals surface area contributed by atoms with E-state index in [2.05, 4.69) is 5.10 Å². The smallest absolute Gasteiger partial charge is 0.314 e. The Labute approximate surface area is 102 Å². The van der Waals surface area contributed by atoms with Crippen LogP contribution >= 0.6 is 0 Å². The lowest BCUT2D eigenvalue weighted by atomic mass is 9.74. The quantitative estimate of drug-likeness (QED) is 0.894. The largest absolute Gasteiger partial charge is 0.481 e. The predicted molar refractivity (Wildman–Crippen MR) is 57.5 cm³/mol. The van der Waals surface area contributed by atoms with Crippen LogP contribution in [0.25, 0.3) is 0 Å². The molecular formula is C11H14F2N2O3. The van der Waals surface area contributed by atoms with Crippen molar-refractivity contribution in [2.24, 2.45) is 7.05 Å². The topological polar surface area (TPSA) is 64.4 Å². The van der Waals surface area contributed by atoms with Gasteiger partial charge in [0.1, 0.15) is 11.1 Å². The molecule has 0 atom stereocenters. The molecule has 0 bridgehead atoms. The summed E-state index contributed by atoms with van der Waals surface area (Å²) in [6.07, 6.45) is -1.03. The van der Waals surface area contributed by atoms with Gasteiger partial charge in [-0.05, 0) is 12.8 Å². The van der Waals surface area contributed by atoms with Crippen LogP contribution in [-0.2, 0) is 22.0 Å². The molecule has 1 fully saturated rings. The van der Waals surface area contributed by atoms with Crippen molar-refractivity contribution < 1.29 is 23.4 Å². The van der Waals surface area contributed by atoms with E-state index in [1.807, 2.05) is 0 Å². The summed E-state index contributed by atoms with van der Waals surface area (Å²) >= 11 is 0. The number of hydrogen-bond acceptors (Lipinski definition) is 3. The molecule has 1 aliphatic heterocycles. The molecule has 0 unspecified atom stereocenters. The van der Waals surface area contributed by atoms with Gasteiger partial charge in [0.15, 0.2) is 0 Å². The monoisotopic (exact) mass is 260 g/mol. The minimum atomic E-state index is -2.78. The van der Waals surface area contributed by atoms with Crippen molar-refractivity contribution in [1.29, 1.82) is 0 Å². The van der Waals surface area contributed by atoms with E-state index in [0.29, 0.717) is 0 Å². The third kappa shape index (κ3) is 1.98. The van der Waals surface area contributed by atoms with Gasteiger partial charge in [-0.3, -0.25) is 9.48 Å². The molecule has 0 aromatic carbocycles. The molecule has 0 aliphatic carbocycles. The number of carboxylic acid groups (broad SMARTS) is 1. The molecule has 18 heavy (non-hydrogen) atoms. The van der Waals surface area contributed by atoms with Gasteiger partial charge < -0.3 is 9.84 Å². The van der Waals surface area contributed by atoms with Gasteiger partial charge in [-0.2, -0.15) is 5.10 Å². The first-order chi connectivity index (χ1) is 8.47. The summed E-state index contributed by atoms with van der Waals surface area (Å²) < 4.78 is 32.2. The first-order valence-electron chi connectivity index (χ1n) is 5.60. The lowest BCUT2D eigenvalue weighted by Gasteiger charge is -2.33. The van der Waals surface area contributed by atoms with E-state index >= 15 is 0 Å². The van der Waals surface area contributed by atoms with Crippen LogP contribution in [0.1, 0.15) is 30.5 Å². The maximum atomic E-state index is 12.9. The molecule has 0 saturated carbocycles. The molecule has 100 valence electrons. The number of aryl methyl sites for hydroxylation is 1. The van der Waals surface area contributed by atoms with Crippen LogP contribution in [-0.4, -0.2) is 34.1 Å². The Balaban J connectivity index is 2.51. The Kier molecular flexibility index (Phi) is 3.34. The first-order valence-corrected chi connectivity index (χ1v) is 5.60. The van der Waals surface area contributed by atoms with Crippen molar-refractivity contribution in [1.82, 2.24) is 9.78 Å². The van der Waals surface area contributed by atoms with Crippen LogP contribution < -0.4 is 0 Å². The van der Waals surface area contributed by atoms with Crippen molar-refractivity contribution in [3.63, 3.8) is 0 Å². The fourth-order valence-electron chi connectivity index (χ4n) is 2.35. The van der Waals surface area contributed by atoms with Gasteiger partial charge in [0.05, 0.1) is 0 Å². The minimum absolute atomic E-state index is 0.107. The zero-order chi connectivity index (χ0) is 13.3. The van der Waals surface area contributed by atoms with Crippen molar-refractivity contribution in [3.8, 4) is 0 Å². The third-order valence-corrected chi connectivity index (χ3v) is 3.34. The summed E-state index contributed by atoms with van der Waals surface area (Å²) in [6.45, 7) is 0.508. The number of rotatable bonds is 3. The number of halogens is 2. The summed E-state index contributed by atoms with van der Waals surface area (Å²) in [6, 6.07) is 0. The van der Waals surface area contributed by atoms with Gasteiger partial charge >= 0.3 is 5.97 Å². The highest BCUT2D eigenvalue weighted by Crippen LogP contribution is 2.39. The van der Waals surface area contributed by atoms with Crippen molar-refractivity contribution >= 4 is 5.97 Å². The van der Waals surface area contributed by atoms with E-state index in [1.54, 1.807) is 0 Å². The molecule has 1 N–H and O–H groups in total. The van der Waals surface area contributed by atoms with Gasteiger partial charge in [-0.1, -0.05) is 0 Å². The van der Waals surface area contributed by atoms with E-state index in [1.165, 1.54) is 17.9 Å². The van der Waals surface area contributed by atoms with E-state index in [0.717, 1.165) is 0 Å². The Morgan fingerprint density at radius 1 is 1.56 bits per heavy atom. The molecule has 5 nitrogen and oxygen atoms in total. The molecule has 0 radical (unpaired) electrons. The average molecular weight is 260 g/mol. The van der Waals surface area contributed by atoms with Crippen molar-refractivity contribution in [2.45, 2.75) is 24.7 Å². The van der Waals surface area contributed by atoms with Crippen LogP contribution in [0, 0.1) is 0 Å². The minimum Gasteiger partial charge on any atom is -0.481 e. The maximum absolute atomic E-state index is 12.9. The molecule has 1 aromatic rings. The summed E-state index contributed by atoms with van der Waals surface area (Å²) in [5, 5.41) is 13.1. The summed E-state index contributed by atoms with van der Waals surface area (Å²) in [4.78, 5) is 11.5. The highest BCUT2D eigenvalue weighted by atomic mass is 19.3. The number of carboxylic acids is 1. The highest BCUT2D eigenvalue weighted by molar-refractivity contribution is 5.82. The summed E-state index contributed by atoms with van der Waals surface area (Å²) in [5.41, 5.74) is -1.64. The molecule has 7 heteroatoms. The molecule has 1 saturated heterocycles. The van der Waals surface area contributed by atoms with Gasteiger partial charge in [0.25, 0.3) is 6.43 Å². The molecule has 1 aliphatic rings. The molecule has 2 heterocycles. The van der Waals surface area contributed by atoms with Crippen molar-refractivity contribution in [3.05, 3.63) is 17.5 Å². The second-order valence-corrected chi connectivity index (χ2v) is 4.40. The number of alkyl halides is 2. The third-order valence-electron chi connectivity index (χ3n) is 3.34. The second-order valence-electron chi connectivity index (χ2n) is 4.40. The Morgan fingerprint density at radius 2 is 2.17 bits per heavy atom. The van der Waals surface area contributed by atoms with Gasteiger partial charge in [0, 0.05) is 32.0 Å². The number of carbonyl (C=O) groups is 1. The zero-order valence-corrected chi connectivity index (χ0v) is 9.90. The lowest BCUT2D eigenvalue weighted by Crippen LogP contribution is -2.41. The van der Waals surface area contributed by atoms with Crippen LogP contribution in [0.3, 0.4) is 0 Å². The van der Waals surface area contributed by atoms with E-state index in [-0.39, 0.29) is 31.6 Å². The maximum Gasteiger partial charge on any atom is 0.314 e. The Hall–Kier alpha value is -1.50. The number of hydrogen-bond donors (Lipinski definition) is 1. The fraction of sp³-hybridized carbons (Fsp3) is 0.636. The zero-order valence-electron chi connectivity index (χ0n) is 9.90.